The number of nitrogens with zero attached hydrogens (tertiary/aromatic N) is 1. The van der Waals surface area contributed by atoms with Gasteiger partial charge in [0.05, 0.1) is 11.9 Å². The summed E-state index contributed by atoms with van der Waals surface area (Å²) < 4.78 is 5.71. The Balaban J connectivity index is 2.02. The van der Waals surface area contributed by atoms with Crippen molar-refractivity contribution in [2.75, 3.05) is 6.61 Å². The van der Waals surface area contributed by atoms with Crippen LogP contribution >= 0.6 is 0 Å². The molecular weight excluding hydrogens is 252 g/mol. The molecule has 0 unspecified atom stereocenters. The molecule has 1 heterocycles. The molecule has 0 aliphatic rings. The molecular formula is C16H20N2O2. The van der Waals surface area contributed by atoms with Gasteiger partial charge in [0.25, 0.3) is 0 Å². The van der Waals surface area contributed by atoms with Crippen LogP contribution in [0.15, 0.2) is 42.6 Å². The number of ether oxygens (including phenoxy) is 1. The van der Waals surface area contributed by atoms with Crippen molar-refractivity contribution in [3.05, 3.63) is 53.9 Å². The molecule has 0 bridgehead atoms. The van der Waals surface area contributed by atoms with Gasteiger partial charge in [-0.3, -0.25) is 4.98 Å². The largest absolute Gasteiger partial charge is 0.456 e. The summed E-state index contributed by atoms with van der Waals surface area (Å²) in [6.45, 7) is 2.19. The monoisotopic (exact) mass is 272 g/mol. The van der Waals surface area contributed by atoms with Gasteiger partial charge in [-0.1, -0.05) is 19.1 Å². The average molecular weight is 272 g/mol. The van der Waals surface area contributed by atoms with Gasteiger partial charge in [-0.2, -0.15) is 0 Å². The summed E-state index contributed by atoms with van der Waals surface area (Å²) >= 11 is 0. The molecule has 4 heteroatoms. The first-order chi connectivity index (χ1) is 9.72. The molecule has 0 amide bonds. The summed E-state index contributed by atoms with van der Waals surface area (Å²) in [7, 11) is 0. The van der Waals surface area contributed by atoms with E-state index in [0.717, 1.165) is 23.4 Å². The van der Waals surface area contributed by atoms with Gasteiger partial charge in [-0.25, -0.2) is 0 Å². The average Bonchev–Trinajstić information content (AvgIpc) is 2.49. The Morgan fingerprint density at radius 2 is 1.85 bits per heavy atom. The maximum absolute atomic E-state index is 8.87. The lowest BCUT2D eigenvalue weighted by Gasteiger charge is -2.10. The highest BCUT2D eigenvalue weighted by atomic mass is 16.5. The maximum Gasteiger partial charge on any atom is 0.145 e. The second kappa shape index (κ2) is 7.03. The van der Waals surface area contributed by atoms with Crippen LogP contribution in [0.4, 0.5) is 0 Å². The van der Waals surface area contributed by atoms with Gasteiger partial charge >= 0.3 is 0 Å². The quantitative estimate of drug-likeness (QED) is 0.848. The van der Waals surface area contributed by atoms with Crippen molar-refractivity contribution in [2.24, 2.45) is 5.73 Å². The fraction of sp³-hybridized carbons (Fsp3) is 0.312. The number of aromatic nitrogens is 1. The lowest BCUT2D eigenvalue weighted by Crippen LogP contribution is -2.10. The molecule has 1 atom stereocenters. The van der Waals surface area contributed by atoms with Gasteiger partial charge in [0.1, 0.15) is 11.5 Å². The minimum atomic E-state index is -0.0261. The predicted octanol–water partition coefficient (Wildman–Crippen LogP) is 2.82. The molecule has 106 valence electrons. The summed E-state index contributed by atoms with van der Waals surface area (Å²) in [6, 6.07) is 11.4. The normalized spacial score (nSPS) is 12.2. The summed E-state index contributed by atoms with van der Waals surface area (Å²) in [5.41, 5.74) is 7.88. The van der Waals surface area contributed by atoms with Crippen LogP contribution in [0.5, 0.6) is 11.5 Å². The second-order valence-electron chi connectivity index (χ2n) is 4.65. The Kier molecular flexibility index (Phi) is 5.09. The number of aliphatic hydroxyl groups excluding tert-OH is 1. The van der Waals surface area contributed by atoms with Crippen molar-refractivity contribution >= 4 is 0 Å². The lowest BCUT2D eigenvalue weighted by molar-refractivity contribution is 0.299. The molecule has 0 saturated heterocycles. The zero-order valence-electron chi connectivity index (χ0n) is 11.6. The van der Waals surface area contributed by atoms with Crippen molar-refractivity contribution in [1.82, 2.24) is 4.98 Å². The van der Waals surface area contributed by atoms with Crippen LogP contribution in [0.25, 0.3) is 0 Å². The predicted molar refractivity (Wildman–Crippen MR) is 78.8 cm³/mol. The zero-order chi connectivity index (χ0) is 14.4. The van der Waals surface area contributed by atoms with E-state index in [-0.39, 0.29) is 12.6 Å². The molecule has 2 aromatic rings. The van der Waals surface area contributed by atoms with Crippen LogP contribution in [0.1, 0.15) is 30.6 Å². The maximum atomic E-state index is 8.87. The summed E-state index contributed by atoms with van der Waals surface area (Å²) in [5, 5.41) is 8.87. The highest BCUT2D eigenvalue weighted by molar-refractivity contribution is 5.32. The van der Waals surface area contributed by atoms with Gasteiger partial charge in [0.2, 0.25) is 0 Å². The van der Waals surface area contributed by atoms with E-state index in [0.29, 0.717) is 12.2 Å². The van der Waals surface area contributed by atoms with Gasteiger partial charge in [0.15, 0.2) is 0 Å². The number of nitrogens with two attached hydrogens (primary N) is 1. The van der Waals surface area contributed by atoms with Crippen molar-refractivity contribution in [3.63, 3.8) is 0 Å². The van der Waals surface area contributed by atoms with E-state index in [9.17, 15) is 0 Å². The zero-order valence-corrected chi connectivity index (χ0v) is 11.6. The molecule has 0 aliphatic heterocycles. The first-order valence-corrected chi connectivity index (χ1v) is 6.82. The molecule has 0 aliphatic carbocycles. The fourth-order valence-electron chi connectivity index (χ4n) is 1.87. The van der Waals surface area contributed by atoms with Crippen LogP contribution in [0, 0.1) is 0 Å². The Labute approximate surface area is 119 Å². The first kappa shape index (κ1) is 14.5. The SMILES string of the molecule is CC[C@@H](N)c1ccc(Oc2ccc(CCO)cc2)cn1. The molecule has 0 fully saturated rings. The number of rotatable bonds is 6. The molecule has 2 rings (SSSR count). The van der Waals surface area contributed by atoms with E-state index >= 15 is 0 Å². The first-order valence-electron chi connectivity index (χ1n) is 6.82. The number of hydrogen-bond acceptors (Lipinski definition) is 4. The molecule has 0 spiro atoms. The number of pyridine rings is 1. The van der Waals surface area contributed by atoms with Crippen molar-refractivity contribution in [2.45, 2.75) is 25.8 Å². The number of hydrogen-bond donors (Lipinski definition) is 2. The van der Waals surface area contributed by atoms with Crippen LogP contribution in [-0.4, -0.2) is 16.7 Å². The Bertz CT molecular complexity index is 523. The van der Waals surface area contributed by atoms with Crippen molar-refractivity contribution in [1.29, 1.82) is 0 Å². The number of benzene rings is 1. The van der Waals surface area contributed by atoms with Gasteiger partial charge < -0.3 is 15.6 Å². The van der Waals surface area contributed by atoms with E-state index in [1.54, 1.807) is 6.20 Å². The molecule has 3 N–H and O–H groups in total. The van der Waals surface area contributed by atoms with Crippen LogP contribution < -0.4 is 10.5 Å². The lowest BCUT2D eigenvalue weighted by atomic mass is 10.1. The molecule has 20 heavy (non-hydrogen) atoms. The third-order valence-corrected chi connectivity index (χ3v) is 3.14. The molecule has 0 radical (unpaired) electrons. The fourth-order valence-corrected chi connectivity index (χ4v) is 1.87. The van der Waals surface area contributed by atoms with E-state index < -0.39 is 0 Å². The topological polar surface area (TPSA) is 68.4 Å². The minimum absolute atomic E-state index is 0.0261. The van der Waals surface area contributed by atoms with E-state index in [2.05, 4.69) is 4.98 Å². The van der Waals surface area contributed by atoms with Crippen LogP contribution in [0.2, 0.25) is 0 Å². The summed E-state index contributed by atoms with van der Waals surface area (Å²) in [5.74, 6) is 1.44. The Morgan fingerprint density at radius 3 is 2.40 bits per heavy atom. The highest BCUT2D eigenvalue weighted by Crippen LogP contribution is 2.22. The molecule has 1 aromatic carbocycles. The molecule has 1 aromatic heterocycles. The van der Waals surface area contributed by atoms with Crippen LogP contribution in [-0.2, 0) is 6.42 Å². The smallest absolute Gasteiger partial charge is 0.145 e. The molecule has 0 saturated carbocycles. The van der Waals surface area contributed by atoms with E-state index in [1.807, 2.05) is 43.3 Å². The van der Waals surface area contributed by atoms with E-state index in [4.69, 9.17) is 15.6 Å². The Morgan fingerprint density at radius 1 is 1.15 bits per heavy atom. The third kappa shape index (κ3) is 3.79. The van der Waals surface area contributed by atoms with Gasteiger partial charge in [0, 0.05) is 12.6 Å². The van der Waals surface area contributed by atoms with E-state index in [1.165, 1.54) is 0 Å². The number of aliphatic hydroxyl groups is 1. The Hall–Kier alpha value is -1.91. The summed E-state index contributed by atoms with van der Waals surface area (Å²) in [4.78, 5) is 4.31. The van der Waals surface area contributed by atoms with Crippen LogP contribution in [0.3, 0.4) is 0 Å². The van der Waals surface area contributed by atoms with Gasteiger partial charge in [-0.15, -0.1) is 0 Å². The van der Waals surface area contributed by atoms with Crippen molar-refractivity contribution < 1.29 is 9.84 Å². The van der Waals surface area contributed by atoms with Crippen molar-refractivity contribution in [3.8, 4) is 11.5 Å². The minimum Gasteiger partial charge on any atom is -0.456 e. The highest BCUT2D eigenvalue weighted by Gasteiger charge is 2.05. The standard InChI is InChI=1S/C16H20N2O2/c1-2-15(17)16-8-7-14(11-18-16)20-13-5-3-12(4-6-13)9-10-19/h3-8,11,15,19H,2,9-10,17H2,1H3/t15-/m1/s1. The third-order valence-electron chi connectivity index (χ3n) is 3.14. The van der Waals surface area contributed by atoms with Gasteiger partial charge in [-0.05, 0) is 42.7 Å². The molecule has 4 nitrogen and oxygen atoms in total. The second-order valence-corrected chi connectivity index (χ2v) is 4.65. The summed E-state index contributed by atoms with van der Waals surface area (Å²) in [6.07, 6.45) is 3.21.